The molecule has 0 aliphatic carbocycles. The first-order valence-corrected chi connectivity index (χ1v) is 7.69. The van der Waals surface area contributed by atoms with E-state index in [0.29, 0.717) is 6.04 Å². The Hall–Kier alpha value is -1.32. The van der Waals surface area contributed by atoms with Crippen molar-refractivity contribution in [2.24, 2.45) is 0 Å². The molecule has 0 bridgehead atoms. The summed E-state index contributed by atoms with van der Waals surface area (Å²) in [6.45, 7) is 12.3. The first kappa shape index (κ1) is 13.7. The number of aromatic nitrogens is 1. The van der Waals surface area contributed by atoms with Gasteiger partial charge in [-0.3, -0.25) is 4.90 Å². The Balaban J connectivity index is 2.01. The summed E-state index contributed by atoms with van der Waals surface area (Å²) in [6.07, 6.45) is 0. The molecule has 0 atom stereocenters. The lowest BCUT2D eigenvalue weighted by Gasteiger charge is -2.28. The number of benzene rings is 1. The van der Waals surface area contributed by atoms with Crippen LogP contribution >= 0.6 is 0 Å². The molecule has 0 saturated carbocycles. The van der Waals surface area contributed by atoms with Gasteiger partial charge in [-0.15, -0.1) is 0 Å². The van der Waals surface area contributed by atoms with Gasteiger partial charge >= 0.3 is 0 Å². The number of fused-ring (bicyclic) bond motifs is 1. The molecule has 1 N–H and O–H groups in total. The first-order chi connectivity index (χ1) is 9.66. The Kier molecular flexibility index (Phi) is 3.81. The van der Waals surface area contributed by atoms with Crippen LogP contribution in [-0.2, 0) is 6.54 Å². The Morgan fingerprint density at radius 1 is 1.20 bits per heavy atom. The molecule has 1 aliphatic heterocycles. The van der Waals surface area contributed by atoms with E-state index < -0.39 is 0 Å². The minimum Gasteiger partial charge on any atom is -0.342 e. The molecule has 1 fully saturated rings. The van der Waals surface area contributed by atoms with E-state index in [9.17, 15) is 0 Å². The van der Waals surface area contributed by atoms with Crippen LogP contribution in [0, 0.1) is 6.92 Å². The average molecular weight is 271 g/mol. The zero-order valence-corrected chi connectivity index (χ0v) is 12.8. The second-order valence-corrected chi connectivity index (χ2v) is 6.13. The molecule has 1 aromatic heterocycles. The van der Waals surface area contributed by atoms with Crippen LogP contribution in [0.2, 0.25) is 0 Å². The maximum absolute atomic E-state index is 3.42. The fraction of sp³-hybridized carbons (Fsp3) is 0.529. The third-order valence-electron chi connectivity index (χ3n) is 4.26. The van der Waals surface area contributed by atoms with E-state index in [1.165, 1.54) is 22.2 Å². The van der Waals surface area contributed by atoms with E-state index in [1.54, 1.807) is 0 Å². The highest BCUT2D eigenvalue weighted by molar-refractivity contribution is 5.84. The molecule has 1 aromatic carbocycles. The van der Waals surface area contributed by atoms with Crippen molar-refractivity contribution in [2.75, 3.05) is 26.2 Å². The highest BCUT2D eigenvalue weighted by Crippen LogP contribution is 2.27. The fourth-order valence-electron chi connectivity index (χ4n) is 3.40. The van der Waals surface area contributed by atoms with E-state index in [-0.39, 0.29) is 0 Å². The van der Waals surface area contributed by atoms with Crippen molar-refractivity contribution in [2.45, 2.75) is 33.4 Å². The van der Waals surface area contributed by atoms with Gasteiger partial charge in [0.15, 0.2) is 0 Å². The fourth-order valence-corrected chi connectivity index (χ4v) is 3.40. The van der Waals surface area contributed by atoms with E-state index in [0.717, 1.165) is 32.7 Å². The molecule has 0 radical (unpaired) electrons. The molecule has 1 aliphatic rings. The lowest BCUT2D eigenvalue weighted by molar-refractivity contribution is 0.233. The lowest BCUT2D eigenvalue weighted by atomic mass is 10.1. The SMILES string of the molecule is Cc1cc2cccc(CN3CCNCC3)c2n1C(C)C. The van der Waals surface area contributed by atoms with Crippen LogP contribution in [0.5, 0.6) is 0 Å². The second kappa shape index (κ2) is 5.58. The number of nitrogens with zero attached hydrogens (tertiary/aromatic N) is 2. The summed E-state index contributed by atoms with van der Waals surface area (Å²) in [6, 6.07) is 9.56. The van der Waals surface area contributed by atoms with E-state index in [1.807, 2.05) is 0 Å². The van der Waals surface area contributed by atoms with Gasteiger partial charge in [0.2, 0.25) is 0 Å². The van der Waals surface area contributed by atoms with E-state index in [2.05, 4.69) is 59.8 Å². The van der Waals surface area contributed by atoms with Crippen molar-refractivity contribution in [1.29, 1.82) is 0 Å². The molecule has 3 nitrogen and oxygen atoms in total. The number of para-hydroxylation sites is 1. The summed E-state index contributed by atoms with van der Waals surface area (Å²) in [7, 11) is 0. The Labute approximate surface area is 121 Å². The molecule has 3 rings (SSSR count). The van der Waals surface area contributed by atoms with Crippen LogP contribution in [0.15, 0.2) is 24.3 Å². The minimum absolute atomic E-state index is 0.511. The van der Waals surface area contributed by atoms with Gasteiger partial charge in [-0.25, -0.2) is 0 Å². The number of nitrogens with one attached hydrogen (secondary N) is 1. The standard InChI is InChI=1S/C17H25N3/c1-13(2)20-14(3)11-15-5-4-6-16(17(15)20)12-19-9-7-18-8-10-19/h4-6,11,13,18H,7-10,12H2,1-3H3. The molecule has 3 heteroatoms. The van der Waals surface area contributed by atoms with Gasteiger partial charge in [-0.05, 0) is 32.4 Å². The zero-order chi connectivity index (χ0) is 14.1. The summed E-state index contributed by atoms with van der Waals surface area (Å²) in [5, 5.41) is 4.80. The van der Waals surface area contributed by atoms with Crippen LogP contribution in [0.4, 0.5) is 0 Å². The molecular weight excluding hydrogens is 246 g/mol. The molecule has 20 heavy (non-hydrogen) atoms. The lowest BCUT2D eigenvalue weighted by Crippen LogP contribution is -2.42. The van der Waals surface area contributed by atoms with Gasteiger partial charge in [-0.1, -0.05) is 18.2 Å². The monoisotopic (exact) mass is 271 g/mol. The summed E-state index contributed by atoms with van der Waals surface area (Å²) < 4.78 is 2.48. The number of aryl methyl sites for hydroxylation is 1. The van der Waals surface area contributed by atoms with Crippen LogP contribution < -0.4 is 5.32 Å². The smallest absolute Gasteiger partial charge is 0.0530 e. The van der Waals surface area contributed by atoms with Crippen LogP contribution in [0.3, 0.4) is 0 Å². The zero-order valence-electron chi connectivity index (χ0n) is 12.8. The normalized spacial score (nSPS) is 17.2. The number of piperazine rings is 1. The van der Waals surface area contributed by atoms with Crippen molar-refractivity contribution in [1.82, 2.24) is 14.8 Å². The van der Waals surface area contributed by atoms with Gasteiger partial charge in [-0.2, -0.15) is 0 Å². The molecule has 108 valence electrons. The average Bonchev–Trinajstić information content (AvgIpc) is 2.77. The summed E-state index contributed by atoms with van der Waals surface area (Å²) >= 11 is 0. The molecule has 2 heterocycles. The number of rotatable bonds is 3. The summed E-state index contributed by atoms with van der Waals surface area (Å²) in [5.41, 5.74) is 4.26. The second-order valence-electron chi connectivity index (χ2n) is 6.13. The molecule has 0 amide bonds. The van der Waals surface area contributed by atoms with E-state index in [4.69, 9.17) is 0 Å². The minimum atomic E-state index is 0.511. The van der Waals surface area contributed by atoms with E-state index >= 15 is 0 Å². The predicted molar refractivity (Wildman–Crippen MR) is 85.2 cm³/mol. The van der Waals surface area contributed by atoms with Crippen molar-refractivity contribution in [3.8, 4) is 0 Å². The molecule has 0 spiro atoms. The highest BCUT2D eigenvalue weighted by Gasteiger charge is 2.15. The Bertz CT molecular complexity index is 592. The van der Waals surface area contributed by atoms with Crippen LogP contribution in [-0.4, -0.2) is 35.6 Å². The van der Waals surface area contributed by atoms with Crippen LogP contribution in [0.25, 0.3) is 10.9 Å². The molecule has 0 unspecified atom stereocenters. The molecular formula is C17H25N3. The van der Waals surface area contributed by atoms with Crippen LogP contribution in [0.1, 0.15) is 31.1 Å². The third-order valence-corrected chi connectivity index (χ3v) is 4.26. The van der Waals surface area contributed by atoms with Crippen molar-refractivity contribution < 1.29 is 0 Å². The van der Waals surface area contributed by atoms with Gasteiger partial charge < -0.3 is 9.88 Å². The third kappa shape index (κ3) is 2.48. The largest absolute Gasteiger partial charge is 0.342 e. The first-order valence-electron chi connectivity index (χ1n) is 7.69. The van der Waals surface area contributed by atoms with Crippen molar-refractivity contribution in [3.63, 3.8) is 0 Å². The Morgan fingerprint density at radius 2 is 1.95 bits per heavy atom. The summed E-state index contributed by atoms with van der Waals surface area (Å²) in [5.74, 6) is 0. The van der Waals surface area contributed by atoms with Gasteiger partial charge in [0.25, 0.3) is 0 Å². The number of hydrogen-bond acceptors (Lipinski definition) is 2. The maximum Gasteiger partial charge on any atom is 0.0530 e. The van der Waals surface area contributed by atoms with Gasteiger partial charge in [0.1, 0.15) is 0 Å². The van der Waals surface area contributed by atoms with Gasteiger partial charge in [0, 0.05) is 49.8 Å². The quantitative estimate of drug-likeness (QED) is 0.926. The molecule has 1 saturated heterocycles. The topological polar surface area (TPSA) is 20.2 Å². The Morgan fingerprint density at radius 3 is 2.65 bits per heavy atom. The maximum atomic E-state index is 3.42. The highest BCUT2D eigenvalue weighted by atomic mass is 15.2. The predicted octanol–water partition coefficient (Wildman–Crippen LogP) is 2.94. The number of hydrogen-bond donors (Lipinski definition) is 1. The van der Waals surface area contributed by atoms with Gasteiger partial charge in [0.05, 0.1) is 5.52 Å². The van der Waals surface area contributed by atoms with Crippen molar-refractivity contribution >= 4 is 10.9 Å². The summed E-state index contributed by atoms with van der Waals surface area (Å²) in [4.78, 5) is 2.55. The molecule has 2 aromatic rings. The van der Waals surface area contributed by atoms with Crippen molar-refractivity contribution in [3.05, 3.63) is 35.5 Å².